The van der Waals surface area contributed by atoms with Gasteiger partial charge in [0.25, 0.3) is 0 Å². The average molecular weight is 306 g/mol. The molecule has 1 aromatic carbocycles. The molecule has 0 bridgehead atoms. The zero-order valence-corrected chi connectivity index (χ0v) is 13.0. The van der Waals surface area contributed by atoms with Gasteiger partial charge in [0.15, 0.2) is 10.9 Å². The number of para-hydroxylation sites is 1. The molecule has 1 saturated heterocycles. The van der Waals surface area contributed by atoms with E-state index in [1.807, 2.05) is 35.0 Å². The standard InChI is InChI=1S/C16H20ClN3O/c1-19-9-7-13(8-10-19)12-20-16(17)15(11-18-20)21-14-5-3-2-4-6-14/h2-6,11,13H,7-10,12H2,1H3. The van der Waals surface area contributed by atoms with E-state index in [0.717, 1.165) is 25.4 Å². The summed E-state index contributed by atoms with van der Waals surface area (Å²) < 4.78 is 7.63. The first-order chi connectivity index (χ1) is 10.2. The highest BCUT2D eigenvalue weighted by atomic mass is 35.5. The van der Waals surface area contributed by atoms with Crippen LogP contribution < -0.4 is 4.74 Å². The maximum Gasteiger partial charge on any atom is 0.184 e. The van der Waals surface area contributed by atoms with E-state index >= 15 is 0 Å². The summed E-state index contributed by atoms with van der Waals surface area (Å²) in [6, 6.07) is 9.64. The molecule has 1 aliphatic rings. The molecule has 1 aromatic heterocycles. The van der Waals surface area contributed by atoms with Gasteiger partial charge < -0.3 is 9.64 Å². The third-order valence-electron chi connectivity index (χ3n) is 3.98. The predicted molar refractivity (Wildman–Crippen MR) is 84.0 cm³/mol. The van der Waals surface area contributed by atoms with Gasteiger partial charge in [0.1, 0.15) is 5.75 Å². The maximum absolute atomic E-state index is 6.39. The molecule has 21 heavy (non-hydrogen) atoms. The number of aromatic nitrogens is 2. The van der Waals surface area contributed by atoms with E-state index in [2.05, 4.69) is 17.0 Å². The fraction of sp³-hybridized carbons (Fsp3) is 0.438. The first-order valence-corrected chi connectivity index (χ1v) is 7.73. The summed E-state index contributed by atoms with van der Waals surface area (Å²) in [7, 11) is 2.17. The number of hydrogen-bond acceptors (Lipinski definition) is 3. The molecule has 1 fully saturated rings. The Hall–Kier alpha value is -1.52. The van der Waals surface area contributed by atoms with Crippen molar-refractivity contribution in [3.63, 3.8) is 0 Å². The minimum Gasteiger partial charge on any atom is -0.452 e. The van der Waals surface area contributed by atoms with Crippen molar-refractivity contribution in [1.29, 1.82) is 0 Å². The van der Waals surface area contributed by atoms with E-state index in [4.69, 9.17) is 16.3 Å². The maximum atomic E-state index is 6.39. The number of rotatable bonds is 4. The summed E-state index contributed by atoms with van der Waals surface area (Å²) in [5, 5.41) is 4.95. The molecule has 4 nitrogen and oxygen atoms in total. The summed E-state index contributed by atoms with van der Waals surface area (Å²) in [4.78, 5) is 2.37. The second-order valence-corrected chi connectivity index (χ2v) is 6.00. The normalized spacial score (nSPS) is 17.0. The van der Waals surface area contributed by atoms with Gasteiger partial charge >= 0.3 is 0 Å². The van der Waals surface area contributed by atoms with Crippen molar-refractivity contribution >= 4 is 11.6 Å². The Bertz CT molecular complexity index is 576. The van der Waals surface area contributed by atoms with Crippen molar-refractivity contribution in [2.24, 2.45) is 5.92 Å². The summed E-state index contributed by atoms with van der Waals surface area (Å²) in [6.07, 6.45) is 4.09. The molecule has 2 heterocycles. The molecule has 3 rings (SSSR count). The first-order valence-electron chi connectivity index (χ1n) is 7.35. The van der Waals surface area contributed by atoms with Crippen LogP contribution in [0.3, 0.4) is 0 Å². The number of nitrogens with zero attached hydrogens (tertiary/aromatic N) is 3. The van der Waals surface area contributed by atoms with Crippen LogP contribution in [0.25, 0.3) is 0 Å². The highest BCUT2D eigenvalue weighted by Crippen LogP contribution is 2.30. The lowest BCUT2D eigenvalue weighted by Gasteiger charge is -2.28. The number of likely N-dealkylation sites (tertiary alicyclic amines) is 1. The fourth-order valence-corrected chi connectivity index (χ4v) is 2.85. The third-order valence-corrected chi connectivity index (χ3v) is 4.37. The molecule has 0 radical (unpaired) electrons. The monoisotopic (exact) mass is 305 g/mol. The minimum atomic E-state index is 0.581. The second-order valence-electron chi connectivity index (χ2n) is 5.64. The van der Waals surface area contributed by atoms with E-state index in [9.17, 15) is 0 Å². The Balaban J connectivity index is 1.65. The van der Waals surface area contributed by atoms with Gasteiger partial charge in [-0.25, -0.2) is 0 Å². The summed E-state index contributed by atoms with van der Waals surface area (Å²) in [5.74, 6) is 2.04. The number of hydrogen-bond donors (Lipinski definition) is 0. The minimum absolute atomic E-state index is 0.581. The van der Waals surface area contributed by atoms with Gasteiger partial charge in [-0.05, 0) is 51.0 Å². The van der Waals surface area contributed by atoms with Crippen LogP contribution in [-0.4, -0.2) is 34.8 Å². The molecule has 112 valence electrons. The van der Waals surface area contributed by atoms with Gasteiger partial charge in [0.05, 0.1) is 6.20 Å². The summed E-state index contributed by atoms with van der Waals surface area (Å²) in [6.45, 7) is 3.17. The van der Waals surface area contributed by atoms with Crippen molar-refractivity contribution < 1.29 is 4.74 Å². The molecule has 0 atom stereocenters. The molecule has 0 unspecified atom stereocenters. The summed E-state index contributed by atoms with van der Waals surface area (Å²) >= 11 is 6.39. The van der Waals surface area contributed by atoms with Crippen molar-refractivity contribution in [3.05, 3.63) is 41.7 Å². The highest BCUT2D eigenvalue weighted by molar-refractivity contribution is 6.31. The molecule has 0 N–H and O–H groups in total. The largest absolute Gasteiger partial charge is 0.452 e. The van der Waals surface area contributed by atoms with E-state index in [1.165, 1.54) is 12.8 Å². The Morgan fingerprint density at radius 2 is 1.95 bits per heavy atom. The predicted octanol–water partition coefficient (Wildman–Crippen LogP) is 3.67. The zero-order valence-electron chi connectivity index (χ0n) is 12.2. The summed E-state index contributed by atoms with van der Waals surface area (Å²) in [5.41, 5.74) is 0. The van der Waals surface area contributed by atoms with Crippen molar-refractivity contribution in [2.45, 2.75) is 19.4 Å². The number of benzene rings is 1. The molecule has 0 aliphatic carbocycles. The van der Waals surface area contributed by atoms with E-state index in [-0.39, 0.29) is 0 Å². The topological polar surface area (TPSA) is 30.3 Å². The second kappa shape index (κ2) is 6.50. The van der Waals surface area contributed by atoms with Crippen LogP contribution in [0.4, 0.5) is 0 Å². The molecule has 0 spiro atoms. The average Bonchev–Trinajstić information content (AvgIpc) is 2.84. The van der Waals surface area contributed by atoms with Crippen LogP contribution in [0.2, 0.25) is 5.15 Å². The van der Waals surface area contributed by atoms with Gasteiger partial charge in [0, 0.05) is 6.54 Å². The SMILES string of the molecule is CN1CCC(Cn2ncc(Oc3ccccc3)c2Cl)CC1. The molecular formula is C16H20ClN3O. The molecule has 5 heteroatoms. The Labute approximate surface area is 130 Å². The van der Waals surface area contributed by atoms with Crippen LogP contribution in [0.15, 0.2) is 36.5 Å². The van der Waals surface area contributed by atoms with E-state index in [0.29, 0.717) is 16.8 Å². The Kier molecular flexibility index (Phi) is 4.46. The lowest BCUT2D eigenvalue weighted by atomic mass is 9.97. The number of halogens is 1. The van der Waals surface area contributed by atoms with Crippen molar-refractivity contribution in [2.75, 3.05) is 20.1 Å². The lowest BCUT2D eigenvalue weighted by Crippen LogP contribution is -2.32. The Morgan fingerprint density at radius 1 is 1.24 bits per heavy atom. The van der Waals surface area contributed by atoms with Crippen molar-refractivity contribution in [3.8, 4) is 11.5 Å². The van der Waals surface area contributed by atoms with Crippen LogP contribution in [0, 0.1) is 5.92 Å². The highest BCUT2D eigenvalue weighted by Gasteiger charge is 2.19. The van der Waals surface area contributed by atoms with E-state index in [1.54, 1.807) is 6.20 Å². The first kappa shape index (κ1) is 14.4. The molecule has 1 aliphatic heterocycles. The fourth-order valence-electron chi connectivity index (χ4n) is 2.65. The Morgan fingerprint density at radius 3 is 2.67 bits per heavy atom. The van der Waals surface area contributed by atoms with Crippen LogP contribution in [0.1, 0.15) is 12.8 Å². The number of ether oxygens (including phenoxy) is 1. The lowest BCUT2D eigenvalue weighted by molar-refractivity contribution is 0.201. The van der Waals surface area contributed by atoms with Gasteiger partial charge in [-0.2, -0.15) is 5.10 Å². The van der Waals surface area contributed by atoms with Crippen LogP contribution in [-0.2, 0) is 6.54 Å². The van der Waals surface area contributed by atoms with Gasteiger partial charge in [-0.3, -0.25) is 4.68 Å². The molecular weight excluding hydrogens is 286 g/mol. The number of piperidine rings is 1. The van der Waals surface area contributed by atoms with Crippen molar-refractivity contribution in [1.82, 2.24) is 14.7 Å². The van der Waals surface area contributed by atoms with Gasteiger partial charge in [-0.15, -0.1) is 0 Å². The van der Waals surface area contributed by atoms with E-state index < -0.39 is 0 Å². The van der Waals surface area contributed by atoms with Crippen LogP contribution >= 0.6 is 11.6 Å². The molecule has 0 saturated carbocycles. The third kappa shape index (κ3) is 3.57. The van der Waals surface area contributed by atoms with Gasteiger partial charge in [0.2, 0.25) is 0 Å². The van der Waals surface area contributed by atoms with Crippen LogP contribution in [0.5, 0.6) is 11.5 Å². The molecule has 0 amide bonds. The van der Waals surface area contributed by atoms with Gasteiger partial charge in [-0.1, -0.05) is 29.8 Å². The smallest absolute Gasteiger partial charge is 0.184 e. The quantitative estimate of drug-likeness (QED) is 0.863. The zero-order chi connectivity index (χ0) is 14.7. The molecule has 2 aromatic rings.